The number of aromatic nitrogens is 5. The summed E-state index contributed by atoms with van der Waals surface area (Å²) in [4.78, 5) is 25.8. The molecule has 32 heavy (non-hydrogen) atoms. The average Bonchev–Trinajstić information content (AvgIpc) is 3.49. The molecule has 0 saturated heterocycles. The molecule has 1 aliphatic heterocycles. The van der Waals surface area contributed by atoms with E-state index in [9.17, 15) is 18.0 Å². The van der Waals surface area contributed by atoms with Crippen molar-refractivity contribution >= 4 is 11.4 Å². The van der Waals surface area contributed by atoms with Gasteiger partial charge in [-0.2, -0.15) is 5.10 Å². The highest BCUT2D eigenvalue weighted by Crippen LogP contribution is 2.37. The van der Waals surface area contributed by atoms with Crippen molar-refractivity contribution in [3.8, 4) is 0 Å². The molecule has 0 saturated carbocycles. The number of rotatable bonds is 4. The number of carbonyl (C=O) groups excluding carboxylic acids is 1. The summed E-state index contributed by atoms with van der Waals surface area (Å²) in [6, 6.07) is 6.60. The molecule has 0 bridgehead atoms. The monoisotopic (exact) mass is 444 g/mol. The largest absolute Gasteiger partial charge is 0.431 e. The van der Waals surface area contributed by atoms with Crippen LogP contribution in [0.3, 0.4) is 0 Å². The Labute approximate surface area is 180 Å². The maximum atomic E-state index is 14.3. The second-order valence-electron chi connectivity index (χ2n) is 8.06. The molecular weight excluding hydrogens is 425 g/mol. The van der Waals surface area contributed by atoms with Crippen LogP contribution in [0.1, 0.15) is 65.5 Å². The molecule has 1 amide bonds. The Morgan fingerprint density at radius 3 is 2.88 bits per heavy atom. The summed E-state index contributed by atoms with van der Waals surface area (Å²) in [6.07, 6.45) is 0.614. The molecule has 0 aliphatic carbocycles. The summed E-state index contributed by atoms with van der Waals surface area (Å²) in [5.41, 5.74) is -0.294. The highest BCUT2D eigenvalue weighted by Gasteiger charge is 2.41. The number of hydrogen-bond donors (Lipinski definition) is 1. The number of halogens is 3. The minimum absolute atomic E-state index is 0.199. The van der Waals surface area contributed by atoms with E-state index in [-0.39, 0.29) is 6.54 Å². The quantitative estimate of drug-likeness (QED) is 0.514. The van der Waals surface area contributed by atoms with Crippen LogP contribution in [0.4, 0.5) is 13.2 Å². The fourth-order valence-corrected chi connectivity index (χ4v) is 3.90. The average molecular weight is 444 g/mol. The summed E-state index contributed by atoms with van der Waals surface area (Å²) >= 11 is 0. The highest BCUT2D eigenvalue weighted by atomic mass is 19.3. The maximum Gasteiger partial charge on any atom is 0.292 e. The van der Waals surface area contributed by atoms with E-state index in [0.717, 1.165) is 25.1 Å². The maximum absolute atomic E-state index is 14.3. The molecule has 0 aromatic carbocycles. The number of oxazole rings is 1. The molecule has 166 valence electrons. The summed E-state index contributed by atoms with van der Waals surface area (Å²) in [5, 5.41) is 4.56. The number of amides is 1. The molecule has 0 fully saturated rings. The smallest absolute Gasteiger partial charge is 0.292 e. The van der Waals surface area contributed by atoms with Crippen LogP contribution in [0.5, 0.6) is 0 Å². The standard InChI is InChI=1S/C21H19F3N6O2/c1-21(2,24)20-27-15(18(22)23)17(32-20)19(31)29-8-6-12-14(26-10-25-12)16(29)13-9-11-5-3-4-7-30(11)28-13/h3-5,7,9-10,16,18H,6,8H2,1-2H3,(H,25,26)/t16-/m0/s1. The molecular formula is C21H19F3N6O2. The lowest BCUT2D eigenvalue weighted by atomic mass is 9.99. The van der Waals surface area contributed by atoms with E-state index < -0.39 is 41.4 Å². The van der Waals surface area contributed by atoms with E-state index in [1.807, 2.05) is 18.2 Å². The Morgan fingerprint density at radius 1 is 1.34 bits per heavy atom. The van der Waals surface area contributed by atoms with Crippen molar-refractivity contribution < 1.29 is 22.4 Å². The number of aromatic amines is 1. The van der Waals surface area contributed by atoms with Crippen LogP contribution < -0.4 is 0 Å². The van der Waals surface area contributed by atoms with E-state index in [2.05, 4.69) is 20.1 Å². The summed E-state index contributed by atoms with van der Waals surface area (Å²) in [5.74, 6) is -2.06. The molecule has 5 heterocycles. The number of nitrogens with zero attached hydrogens (tertiary/aromatic N) is 5. The van der Waals surface area contributed by atoms with Crippen LogP contribution in [-0.4, -0.2) is 41.9 Å². The molecule has 0 spiro atoms. The van der Waals surface area contributed by atoms with Crippen molar-refractivity contribution in [3.63, 3.8) is 0 Å². The van der Waals surface area contributed by atoms with Gasteiger partial charge in [-0.1, -0.05) is 6.07 Å². The molecule has 1 atom stereocenters. The van der Waals surface area contributed by atoms with Gasteiger partial charge in [-0.05, 0) is 32.0 Å². The van der Waals surface area contributed by atoms with Gasteiger partial charge in [-0.15, -0.1) is 0 Å². The number of nitrogens with one attached hydrogen (secondary N) is 1. The van der Waals surface area contributed by atoms with Gasteiger partial charge in [0.05, 0.1) is 23.2 Å². The van der Waals surface area contributed by atoms with Gasteiger partial charge in [0.15, 0.2) is 11.4 Å². The number of carbonyl (C=O) groups is 1. The zero-order valence-electron chi connectivity index (χ0n) is 17.2. The van der Waals surface area contributed by atoms with E-state index in [1.165, 1.54) is 11.2 Å². The van der Waals surface area contributed by atoms with Gasteiger partial charge in [-0.3, -0.25) is 4.79 Å². The van der Waals surface area contributed by atoms with E-state index in [4.69, 9.17) is 4.42 Å². The predicted molar refractivity (Wildman–Crippen MR) is 106 cm³/mol. The second kappa shape index (κ2) is 7.21. The lowest BCUT2D eigenvalue weighted by Gasteiger charge is -2.33. The molecule has 8 nitrogen and oxygen atoms in total. The molecule has 1 N–H and O–H groups in total. The lowest BCUT2D eigenvalue weighted by Crippen LogP contribution is -2.41. The van der Waals surface area contributed by atoms with Crippen molar-refractivity contribution in [2.24, 2.45) is 0 Å². The third-order valence-electron chi connectivity index (χ3n) is 5.42. The van der Waals surface area contributed by atoms with Gasteiger partial charge in [-0.25, -0.2) is 27.7 Å². The second-order valence-corrected chi connectivity index (χ2v) is 8.06. The lowest BCUT2D eigenvalue weighted by molar-refractivity contribution is 0.0630. The van der Waals surface area contributed by atoms with Crippen LogP contribution in [-0.2, 0) is 12.1 Å². The Bertz CT molecular complexity index is 1270. The fourth-order valence-electron chi connectivity index (χ4n) is 3.90. The fraction of sp³-hybridized carbons (Fsp3) is 0.333. The molecule has 11 heteroatoms. The minimum Gasteiger partial charge on any atom is -0.431 e. The molecule has 0 unspecified atom stereocenters. The normalized spacial score (nSPS) is 16.7. The third-order valence-corrected chi connectivity index (χ3v) is 5.42. The van der Waals surface area contributed by atoms with Gasteiger partial charge in [0, 0.05) is 24.9 Å². The predicted octanol–water partition coefficient (Wildman–Crippen LogP) is 3.98. The molecule has 5 rings (SSSR count). The van der Waals surface area contributed by atoms with Gasteiger partial charge in [0.2, 0.25) is 11.7 Å². The Morgan fingerprint density at radius 2 is 2.16 bits per heavy atom. The third kappa shape index (κ3) is 3.24. The molecule has 1 aliphatic rings. The summed E-state index contributed by atoms with van der Waals surface area (Å²) < 4.78 is 48.6. The molecule has 4 aromatic rings. The first kappa shape index (κ1) is 20.3. The molecule has 4 aromatic heterocycles. The summed E-state index contributed by atoms with van der Waals surface area (Å²) in [7, 11) is 0. The first-order chi connectivity index (χ1) is 15.2. The first-order valence-electron chi connectivity index (χ1n) is 9.99. The van der Waals surface area contributed by atoms with E-state index >= 15 is 0 Å². The van der Waals surface area contributed by atoms with Gasteiger partial charge in [0.25, 0.3) is 12.3 Å². The van der Waals surface area contributed by atoms with Crippen molar-refractivity contribution in [2.75, 3.05) is 6.54 Å². The highest BCUT2D eigenvalue weighted by molar-refractivity contribution is 5.93. The van der Waals surface area contributed by atoms with Crippen LogP contribution in [0.2, 0.25) is 0 Å². The van der Waals surface area contributed by atoms with E-state index in [1.54, 1.807) is 16.8 Å². The van der Waals surface area contributed by atoms with Gasteiger partial charge < -0.3 is 14.3 Å². The first-order valence-corrected chi connectivity index (χ1v) is 9.99. The number of pyridine rings is 1. The van der Waals surface area contributed by atoms with Crippen molar-refractivity contribution in [2.45, 2.75) is 38.4 Å². The van der Waals surface area contributed by atoms with Crippen molar-refractivity contribution in [1.82, 2.24) is 29.5 Å². The van der Waals surface area contributed by atoms with Gasteiger partial charge >= 0.3 is 0 Å². The van der Waals surface area contributed by atoms with Crippen LogP contribution in [0.15, 0.2) is 41.2 Å². The number of hydrogen-bond acceptors (Lipinski definition) is 5. The Kier molecular flexibility index (Phi) is 4.57. The van der Waals surface area contributed by atoms with Crippen LogP contribution in [0, 0.1) is 0 Å². The van der Waals surface area contributed by atoms with Crippen LogP contribution >= 0.6 is 0 Å². The van der Waals surface area contributed by atoms with Crippen LogP contribution in [0.25, 0.3) is 5.52 Å². The SMILES string of the molecule is CC(C)(F)c1nc(C(F)F)c(C(=O)N2CCc3[nH]cnc3[C@@H]2c2cc3ccccn3n2)o1. The van der Waals surface area contributed by atoms with Crippen molar-refractivity contribution in [1.29, 1.82) is 0 Å². The summed E-state index contributed by atoms with van der Waals surface area (Å²) in [6.45, 7) is 2.45. The number of H-pyrrole nitrogens is 1. The number of alkyl halides is 3. The zero-order chi connectivity index (χ0) is 22.6. The zero-order valence-corrected chi connectivity index (χ0v) is 17.2. The minimum atomic E-state index is -3.10. The number of imidazole rings is 1. The topological polar surface area (TPSA) is 92.3 Å². The van der Waals surface area contributed by atoms with Crippen molar-refractivity contribution in [3.05, 3.63) is 71.2 Å². The Balaban J connectivity index is 1.62. The van der Waals surface area contributed by atoms with E-state index in [0.29, 0.717) is 17.8 Å². The Hall–Kier alpha value is -3.63. The van der Waals surface area contributed by atoms with Gasteiger partial charge in [0.1, 0.15) is 6.04 Å². The molecule has 0 radical (unpaired) electrons. The number of fused-ring (bicyclic) bond motifs is 2.